The number of hydrogen-bond donors (Lipinski definition) is 1. The van der Waals surface area contributed by atoms with Crippen LogP contribution in [0.15, 0.2) is 47.1 Å². The number of carboxylic acid groups (broad SMARTS) is 1. The molecule has 0 aliphatic heterocycles. The van der Waals surface area contributed by atoms with Gasteiger partial charge in [-0.05, 0) is 40.2 Å². The smallest absolute Gasteiger partial charge is 0.354 e. The number of aromatic carboxylic acids is 1. The first-order valence-corrected chi connectivity index (χ1v) is 6.52. The van der Waals surface area contributed by atoms with Crippen molar-refractivity contribution in [3.63, 3.8) is 0 Å². The minimum absolute atomic E-state index is 0.0597. The van der Waals surface area contributed by atoms with Crippen LogP contribution in [-0.4, -0.2) is 29.0 Å². The predicted molar refractivity (Wildman–Crippen MR) is 78.1 cm³/mol. The highest BCUT2D eigenvalue weighted by atomic mass is 79.9. The molecule has 2 aromatic rings. The van der Waals surface area contributed by atoms with Crippen LogP contribution in [0.5, 0.6) is 0 Å². The fraction of sp³-hybridized carbons (Fsp3) is 0.0714. The van der Waals surface area contributed by atoms with Crippen LogP contribution in [0.2, 0.25) is 0 Å². The summed E-state index contributed by atoms with van der Waals surface area (Å²) in [5.41, 5.74) is 0.989. The largest absolute Gasteiger partial charge is 0.477 e. The van der Waals surface area contributed by atoms with Gasteiger partial charge in [-0.15, -0.1) is 0 Å². The Morgan fingerprint density at radius 1 is 1.20 bits per heavy atom. The van der Waals surface area contributed by atoms with Crippen LogP contribution in [-0.2, 0) is 0 Å². The maximum atomic E-state index is 12.3. The number of halogens is 1. The lowest BCUT2D eigenvalue weighted by Crippen LogP contribution is -2.26. The highest BCUT2D eigenvalue weighted by Crippen LogP contribution is 2.20. The summed E-state index contributed by atoms with van der Waals surface area (Å²) in [6, 6.07) is 10.0. The molecule has 0 aliphatic rings. The third-order valence-electron chi connectivity index (χ3n) is 2.76. The summed E-state index contributed by atoms with van der Waals surface area (Å²) >= 11 is 3.33. The van der Waals surface area contributed by atoms with E-state index in [0.717, 1.165) is 0 Å². The Morgan fingerprint density at radius 2 is 1.90 bits per heavy atom. The Balaban J connectivity index is 2.27. The zero-order chi connectivity index (χ0) is 14.7. The lowest BCUT2D eigenvalue weighted by atomic mass is 10.2. The van der Waals surface area contributed by atoms with Crippen LogP contribution >= 0.6 is 15.9 Å². The van der Waals surface area contributed by atoms with Crippen LogP contribution < -0.4 is 4.90 Å². The summed E-state index contributed by atoms with van der Waals surface area (Å²) in [7, 11) is 1.61. The topological polar surface area (TPSA) is 70.5 Å². The summed E-state index contributed by atoms with van der Waals surface area (Å²) in [6.07, 6.45) is 1.36. The van der Waals surface area contributed by atoms with Crippen molar-refractivity contribution in [3.8, 4) is 0 Å². The monoisotopic (exact) mass is 334 g/mol. The van der Waals surface area contributed by atoms with Crippen molar-refractivity contribution in [2.24, 2.45) is 0 Å². The van der Waals surface area contributed by atoms with E-state index in [1.165, 1.54) is 17.2 Å². The van der Waals surface area contributed by atoms with Crippen LogP contribution in [0.1, 0.15) is 20.8 Å². The Morgan fingerprint density at radius 3 is 2.45 bits per heavy atom. The van der Waals surface area contributed by atoms with Crippen molar-refractivity contribution >= 4 is 33.5 Å². The number of benzene rings is 1. The molecule has 1 amide bonds. The van der Waals surface area contributed by atoms with E-state index >= 15 is 0 Å². The van der Waals surface area contributed by atoms with Gasteiger partial charge in [0.15, 0.2) is 0 Å². The molecule has 2 rings (SSSR count). The van der Waals surface area contributed by atoms with Crippen molar-refractivity contribution in [3.05, 3.63) is 58.3 Å². The summed E-state index contributed by atoms with van der Waals surface area (Å²) in [4.78, 5) is 28.3. The molecule has 0 atom stereocenters. The summed E-state index contributed by atoms with van der Waals surface area (Å²) in [6.45, 7) is 0. The molecule has 6 heteroatoms. The van der Waals surface area contributed by atoms with Gasteiger partial charge in [0, 0.05) is 11.5 Å². The third kappa shape index (κ3) is 2.85. The quantitative estimate of drug-likeness (QED) is 0.936. The third-order valence-corrected chi connectivity index (χ3v) is 3.45. The van der Waals surface area contributed by atoms with E-state index in [4.69, 9.17) is 5.11 Å². The first-order valence-electron chi connectivity index (χ1n) is 5.72. The van der Waals surface area contributed by atoms with Gasteiger partial charge in [0.1, 0.15) is 5.69 Å². The second-order valence-electron chi connectivity index (χ2n) is 4.05. The normalized spacial score (nSPS) is 10.1. The average molecular weight is 335 g/mol. The van der Waals surface area contributed by atoms with E-state index in [9.17, 15) is 9.59 Å². The molecule has 0 radical (unpaired) electrons. The van der Waals surface area contributed by atoms with Crippen molar-refractivity contribution in [2.45, 2.75) is 0 Å². The maximum Gasteiger partial charge on any atom is 0.354 e. The Bertz CT molecular complexity index is 656. The second kappa shape index (κ2) is 5.83. The lowest BCUT2D eigenvalue weighted by molar-refractivity contribution is 0.0690. The number of hydrogen-bond acceptors (Lipinski definition) is 3. The van der Waals surface area contributed by atoms with Crippen LogP contribution in [0.4, 0.5) is 5.69 Å². The Hall–Kier alpha value is -2.21. The number of amides is 1. The van der Waals surface area contributed by atoms with Crippen LogP contribution in [0, 0.1) is 0 Å². The van der Waals surface area contributed by atoms with Gasteiger partial charge in [0.05, 0.1) is 17.4 Å². The van der Waals surface area contributed by atoms with E-state index < -0.39 is 5.97 Å². The number of aromatic nitrogens is 1. The van der Waals surface area contributed by atoms with E-state index in [2.05, 4.69) is 20.9 Å². The van der Waals surface area contributed by atoms with Gasteiger partial charge >= 0.3 is 5.97 Å². The maximum absolute atomic E-state index is 12.3. The average Bonchev–Trinajstić information content (AvgIpc) is 2.46. The van der Waals surface area contributed by atoms with Gasteiger partial charge in [0.25, 0.3) is 5.91 Å². The highest BCUT2D eigenvalue weighted by molar-refractivity contribution is 9.10. The summed E-state index contributed by atoms with van der Waals surface area (Å²) in [5, 5.41) is 8.79. The molecule has 102 valence electrons. The van der Waals surface area contributed by atoms with Gasteiger partial charge in [-0.3, -0.25) is 4.79 Å². The molecule has 0 saturated carbocycles. The van der Waals surface area contributed by atoms with Crippen molar-refractivity contribution < 1.29 is 14.7 Å². The van der Waals surface area contributed by atoms with E-state index in [-0.39, 0.29) is 11.6 Å². The van der Waals surface area contributed by atoms with Crippen molar-refractivity contribution in [1.29, 1.82) is 0 Å². The SMILES string of the molecule is CN(C(=O)c1ccccc1Br)c1ccc(C(=O)O)nc1. The number of rotatable bonds is 3. The minimum Gasteiger partial charge on any atom is -0.477 e. The molecule has 1 aromatic carbocycles. The molecule has 0 aliphatic carbocycles. The molecule has 1 aromatic heterocycles. The number of carbonyl (C=O) groups is 2. The lowest BCUT2D eigenvalue weighted by Gasteiger charge is -2.17. The van der Waals surface area contributed by atoms with Crippen LogP contribution in [0.25, 0.3) is 0 Å². The molecule has 0 bridgehead atoms. The molecule has 0 spiro atoms. The Labute approximate surface area is 124 Å². The van der Waals surface area contributed by atoms with Crippen molar-refractivity contribution in [2.75, 3.05) is 11.9 Å². The van der Waals surface area contributed by atoms with Gasteiger partial charge in [-0.1, -0.05) is 12.1 Å². The molecule has 0 saturated heterocycles. The number of nitrogens with zero attached hydrogens (tertiary/aromatic N) is 2. The first-order chi connectivity index (χ1) is 9.50. The van der Waals surface area contributed by atoms with Gasteiger partial charge in [0.2, 0.25) is 0 Å². The number of anilines is 1. The van der Waals surface area contributed by atoms with E-state index in [0.29, 0.717) is 15.7 Å². The van der Waals surface area contributed by atoms with Gasteiger partial charge in [-0.25, -0.2) is 9.78 Å². The zero-order valence-corrected chi connectivity index (χ0v) is 12.2. The molecular weight excluding hydrogens is 324 g/mol. The number of carbonyl (C=O) groups excluding carboxylic acids is 1. The molecule has 0 unspecified atom stereocenters. The van der Waals surface area contributed by atoms with Gasteiger partial charge < -0.3 is 10.0 Å². The second-order valence-corrected chi connectivity index (χ2v) is 4.91. The molecule has 1 N–H and O–H groups in total. The van der Waals surface area contributed by atoms with Gasteiger partial charge in [-0.2, -0.15) is 0 Å². The number of pyridine rings is 1. The molecule has 0 fully saturated rings. The van der Waals surface area contributed by atoms with E-state index in [1.54, 1.807) is 31.3 Å². The first kappa shape index (κ1) is 14.2. The molecular formula is C14H11BrN2O3. The summed E-state index contributed by atoms with van der Waals surface area (Å²) < 4.78 is 0.701. The molecule has 20 heavy (non-hydrogen) atoms. The minimum atomic E-state index is -1.10. The predicted octanol–water partition coefficient (Wildman–Crippen LogP) is 2.82. The molecule has 5 nitrogen and oxygen atoms in total. The summed E-state index contributed by atoms with van der Waals surface area (Å²) in [5.74, 6) is -1.31. The molecule has 1 heterocycles. The van der Waals surface area contributed by atoms with Crippen LogP contribution in [0.3, 0.4) is 0 Å². The zero-order valence-electron chi connectivity index (χ0n) is 10.6. The Kier molecular flexibility index (Phi) is 4.14. The fourth-order valence-corrected chi connectivity index (χ4v) is 2.10. The highest BCUT2D eigenvalue weighted by Gasteiger charge is 2.16. The number of carboxylic acids is 1. The van der Waals surface area contributed by atoms with E-state index in [1.807, 2.05) is 6.07 Å². The van der Waals surface area contributed by atoms with Crippen molar-refractivity contribution in [1.82, 2.24) is 4.98 Å². The standard InChI is InChI=1S/C14H11BrN2O3/c1-17(9-6-7-12(14(19)20)16-8-9)13(18)10-4-2-3-5-11(10)15/h2-8H,1H3,(H,19,20). The fourth-order valence-electron chi connectivity index (χ4n) is 1.64.